The predicted octanol–water partition coefficient (Wildman–Crippen LogP) is 2.74. The fourth-order valence-corrected chi connectivity index (χ4v) is 7.71. The van der Waals surface area contributed by atoms with Crippen LogP contribution < -0.4 is 15.4 Å². The van der Waals surface area contributed by atoms with Crippen molar-refractivity contribution < 1.29 is 23.1 Å². The number of nitrogens with one attached hydrogen (secondary N) is 3. The fraction of sp³-hybridized carbons (Fsp3) is 0.714. The van der Waals surface area contributed by atoms with E-state index in [1.807, 2.05) is 5.01 Å². The molecule has 1 aromatic carbocycles. The Morgan fingerprint density at radius 2 is 1.85 bits per heavy atom. The molecule has 1 aromatic rings. The van der Waals surface area contributed by atoms with Crippen molar-refractivity contribution in [2.75, 3.05) is 38.1 Å². The third kappa shape index (κ3) is 7.95. The van der Waals surface area contributed by atoms with E-state index in [1.54, 1.807) is 19.1 Å². The average molecular weight is 598 g/mol. The van der Waals surface area contributed by atoms with E-state index in [-0.39, 0.29) is 30.0 Å². The molecule has 10 nitrogen and oxygen atoms in total. The Hall–Kier alpha value is -1.76. The first kappa shape index (κ1) is 31.2. The number of alkyl halides is 1. The van der Waals surface area contributed by atoms with Crippen LogP contribution in [0, 0.1) is 12.8 Å². The Kier molecular flexibility index (Phi) is 11.2. The number of halogens is 1. The number of anilines is 1. The Morgan fingerprint density at radius 1 is 1.12 bits per heavy atom. The van der Waals surface area contributed by atoms with Gasteiger partial charge in [0.25, 0.3) is 0 Å². The van der Waals surface area contributed by atoms with Crippen molar-refractivity contribution in [3.05, 3.63) is 23.8 Å². The summed E-state index contributed by atoms with van der Waals surface area (Å²) < 4.78 is 28.9. The summed E-state index contributed by atoms with van der Waals surface area (Å²) in [6.45, 7) is 2.78. The number of carbonyl (C=O) groups is 2. The summed E-state index contributed by atoms with van der Waals surface area (Å²) in [6.07, 6.45) is 10.3. The van der Waals surface area contributed by atoms with Crippen LogP contribution in [0.4, 0.5) is 5.69 Å². The van der Waals surface area contributed by atoms with Gasteiger partial charge in [0.15, 0.2) is 0 Å². The number of aliphatic hydroxyl groups excluding tert-OH is 1. The maximum Gasteiger partial charge on any atom is 0.245 e. The lowest BCUT2D eigenvalue weighted by atomic mass is 9.99. The molecule has 2 amide bonds. The number of benzene rings is 1. The van der Waals surface area contributed by atoms with Crippen LogP contribution in [0.2, 0.25) is 0 Å². The van der Waals surface area contributed by atoms with Gasteiger partial charge in [0.2, 0.25) is 21.8 Å². The molecule has 1 saturated carbocycles. The topological polar surface area (TPSA) is 131 Å². The van der Waals surface area contributed by atoms with Crippen molar-refractivity contribution in [2.24, 2.45) is 5.92 Å². The van der Waals surface area contributed by atoms with E-state index in [0.29, 0.717) is 36.8 Å². The van der Waals surface area contributed by atoms with Crippen molar-refractivity contribution in [3.8, 4) is 0 Å². The Bertz CT molecular complexity index is 1120. The number of carbonyl (C=O) groups excluding carboxylic acids is 2. The van der Waals surface area contributed by atoms with Gasteiger partial charge in [-0.15, -0.1) is 11.6 Å². The van der Waals surface area contributed by atoms with Gasteiger partial charge >= 0.3 is 0 Å². The van der Waals surface area contributed by atoms with Crippen molar-refractivity contribution in [2.45, 2.75) is 93.5 Å². The molecular formula is C28H44ClN5O5S. The lowest BCUT2D eigenvalue weighted by Crippen LogP contribution is -2.63. The largest absolute Gasteiger partial charge is 0.395 e. The Morgan fingerprint density at radius 3 is 2.52 bits per heavy atom. The van der Waals surface area contributed by atoms with E-state index < -0.39 is 27.2 Å². The van der Waals surface area contributed by atoms with Gasteiger partial charge in [-0.05, 0) is 63.3 Å². The van der Waals surface area contributed by atoms with Gasteiger partial charge in [-0.2, -0.15) is 0 Å². The number of rotatable bonds is 10. The van der Waals surface area contributed by atoms with E-state index in [2.05, 4.69) is 15.4 Å². The lowest BCUT2D eigenvalue weighted by molar-refractivity contribution is -0.172. The molecule has 0 bridgehead atoms. The van der Waals surface area contributed by atoms with Crippen molar-refractivity contribution in [1.82, 2.24) is 20.1 Å². The normalized spacial score (nSPS) is 25.5. The zero-order valence-electron chi connectivity index (χ0n) is 23.4. The summed E-state index contributed by atoms with van der Waals surface area (Å²) in [5, 5.41) is 18.8. The fourth-order valence-electron chi connectivity index (χ4n) is 6.06. The molecule has 2 heterocycles. The summed E-state index contributed by atoms with van der Waals surface area (Å²) in [4.78, 5) is 26.6. The zero-order valence-corrected chi connectivity index (χ0v) is 25.0. The summed E-state index contributed by atoms with van der Waals surface area (Å²) in [7, 11) is -3.77. The number of nitrogens with zero attached hydrogens (tertiary/aromatic N) is 2. The molecule has 224 valence electrons. The van der Waals surface area contributed by atoms with Crippen LogP contribution in [-0.2, 0) is 19.6 Å². The second kappa shape index (κ2) is 14.4. The minimum atomic E-state index is -3.77. The van der Waals surface area contributed by atoms with Crippen molar-refractivity contribution >= 4 is 39.1 Å². The molecule has 2 aliphatic heterocycles. The van der Waals surface area contributed by atoms with E-state index >= 15 is 0 Å². The number of aryl methyl sites for hydroxylation is 1. The molecule has 0 aromatic heterocycles. The summed E-state index contributed by atoms with van der Waals surface area (Å²) >= 11 is 6.50. The van der Waals surface area contributed by atoms with Gasteiger partial charge in [0, 0.05) is 30.9 Å². The van der Waals surface area contributed by atoms with Gasteiger partial charge in [0.05, 0.1) is 22.8 Å². The molecule has 2 saturated heterocycles. The summed E-state index contributed by atoms with van der Waals surface area (Å²) in [5.74, 6) is -1.58. The maximum absolute atomic E-state index is 13.3. The SMILES string of the molecule is Cc1ccc(NC(=O)CN2C(=O)C(CO)C(Cl)CN2C2CCCCCC2)cc1S(=O)(=O)NCCC1CCCCN1. The van der Waals surface area contributed by atoms with Gasteiger partial charge in [-0.3, -0.25) is 14.6 Å². The van der Waals surface area contributed by atoms with E-state index in [4.69, 9.17) is 11.6 Å². The average Bonchev–Trinajstić information content (AvgIpc) is 3.21. The van der Waals surface area contributed by atoms with Gasteiger partial charge in [-0.1, -0.05) is 38.2 Å². The van der Waals surface area contributed by atoms with Crippen molar-refractivity contribution in [1.29, 1.82) is 0 Å². The number of hydrogen-bond donors (Lipinski definition) is 4. The smallest absolute Gasteiger partial charge is 0.245 e. The second-order valence-electron chi connectivity index (χ2n) is 11.3. The summed E-state index contributed by atoms with van der Waals surface area (Å²) in [5.41, 5.74) is 0.912. The molecule has 3 aliphatic rings. The second-order valence-corrected chi connectivity index (χ2v) is 13.6. The van der Waals surface area contributed by atoms with Crippen LogP contribution in [0.3, 0.4) is 0 Å². The number of piperidine rings is 1. The zero-order chi connectivity index (χ0) is 28.7. The molecule has 3 atom stereocenters. The number of amides is 2. The van der Waals surface area contributed by atoms with Crippen LogP contribution in [0.25, 0.3) is 0 Å². The first-order valence-corrected chi connectivity index (χ1v) is 16.6. The highest BCUT2D eigenvalue weighted by molar-refractivity contribution is 7.89. The Balaban J connectivity index is 1.43. The highest BCUT2D eigenvalue weighted by Gasteiger charge is 2.43. The van der Waals surface area contributed by atoms with Crippen LogP contribution in [0.1, 0.15) is 69.8 Å². The number of hydrogen-bond acceptors (Lipinski definition) is 7. The molecule has 3 fully saturated rings. The quantitative estimate of drug-likeness (QED) is 0.241. The Labute approximate surface area is 243 Å². The standard InChI is InChI=1S/C28H44ClN5O5S/c1-20-11-12-22(16-26(20)40(38,39)31-15-13-21-8-6-7-14-30-21)32-27(36)18-34-28(37)24(19-35)25(29)17-33(34)23-9-4-2-3-5-10-23/h11-12,16,21,23-25,30-31,35H,2-10,13-15,17-19H2,1H3,(H,32,36). The molecule has 12 heteroatoms. The van der Waals surface area contributed by atoms with Gasteiger partial charge in [0.1, 0.15) is 6.54 Å². The van der Waals surface area contributed by atoms with Crippen LogP contribution in [0.15, 0.2) is 23.1 Å². The van der Waals surface area contributed by atoms with Crippen molar-refractivity contribution in [3.63, 3.8) is 0 Å². The third-order valence-electron chi connectivity index (χ3n) is 8.37. The highest BCUT2D eigenvalue weighted by atomic mass is 35.5. The first-order chi connectivity index (χ1) is 19.2. The molecule has 0 radical (unpaired) electrons. The third-order valence-corrected chi connectivity index (χ3v) is 10.4. The molecule has 3 unspecified atom stereocenters. The molecule has 40 heavy (non-hydrogen) atoms. The molecule has 0 spiro atoms. The highest BCUT2D eigenvalue weighted by Crippen LogP contribution is 2.30. The van der Waals surface area contributed by atoms with Gasteiger partial charge < -0.3 is 15.7 Å². The molecular weight excluding hydrogens is 554 g/mol. The monoisotopic (exact) mass is 597 g/mol. The number of sulfonamides is 1. The number of aliphatic hydroxyl groups is 1. The van der Waals surface area contributed by atoms with Gasteiger partial charge in [-0.25, -0.2) is 18.1 Å². The van der Waals surface area contributed by atoms with Crippen LogP contribution in [0.5, 0.6) is 0 Å². The lowest BCUT2D eigenvalue weighted by Gasteiger charge is -2.46. The minimum Gasteiger partial charge on any atom is -0.395 e. The van der Waals surface area contributed by atoms with Crippen LogP contribution >= 0.6 is 11.6 Å². The minimum absolute atomic E-state index is 0.103. The molecule has 1 aliphatic carbocycles. The summed E-state index contributed by atoms with van der Waals surface area (Å²) in [6, 6.07) is 5.20. The van der Waals surface area contributed by atoms with E-state index in [1.165, 1.54) is 11.1 Å². The van der Waals surface area contributed by atoms with E-state index in [9.17, 15) is 23.1 Å². The maximum atomic E-state index is 13.3. The van der Waals surface area contributed by atoms with Crippen LogP contribution in [-0.4, -0.2) is 85.6 Å². The number of hydrazine groups is 1. The predicted molar refractivity (Wildman–Crippen MR) is 155 cm³/mol. The molecule has 4 rings (SSSR count). The first-order valence-electron chi connectivity index (χ1n) is 14.7. The van der Waals surface area contributed by atoms with E-state index in [0.717, 1.165) is 64.3 Å². The molecule has 4 N–H and O–H groups in total.